The van der Waals surface area contributed by atoms with Crippen LogP contribution in [0.1, 0.15) is 53.4 Å². The minimum atomic E-state index is -1.09. The number of rotatable bonds is 18. The molecule has 0 unspecified atom stereocenters. The molecule has 0 saturated carbocycles. The molecule has 0 bridgehead atoms. The zero-order valence-corrected chi connectivity index (χ0v) is 32.0. The van der Waals surface area contributed by atoms with Gasteiger partial charge in [0, 0.05) is 18.5 Å². The number of hydrogen-bond acceptors (Lipinski definition) is 9. The van der Waals surface area contributed by atoms with E-state index in [1.807, 2.05) is 122 Å². The van der Waals surface area contributed by atoms with E-state index in [-0.39, 0.29) is 31.4 Å². The van der Waals surface area contributed by atoms with E-state index in [2.05, 4.69) is 25.9 Å². The molecule has 0 spiro atoms. The maximum absolute atomic E-state index is 14.0. The zero-order chi connectivity index (χ0) is 39.0. The lowest BCUT2D eigenvalue weighted by molar-refractivity contribution is -0.124. The summed E-state index contributed by atoms with van der Waals surface area (Å²) in [6, 6.07) is 26.5. The number of thiazole rings is 1. The smallest absolute Gasteiger partial charge is 0.407 e. The number of urea groups is 1. The number of hydrogen-bond donors (Lipinski definition) is 4. The molecule has 5 rings (SSSR count). The normalized spacial score (nSPS) is 13.5. The summed E-state index contributed by atoms with van der Waals surface area (Å²) in [7, 11) is 1.66. The van der Waals surface area contributed by atoms with Gasteiger partial charge >= 0.3 is 12.1 Å². The van der Waals surface area contributed by atoms with Crippen molar-refractivity contribution in [2.75, 3.05) is 7.05 Å². The van der Waals surface area contributed by atoms with Gasteiger partial charge in [-0.1, -0.05) is 111 Å². The molecule has 0 aliphatic heterocycles. The van der Waals surface area contributed by atoms with E-state index in [1.165, 1.54) is 28.8 Å². The van der Waals surface area contributed by atoms with Crippen LogP contribution in [0.3, 0.4) is 0 Å². The summed E-state index contributed by atoms with van der Waals surface area (Å²) in [4.78, 5) is 50.3. The summed E-state index contributed by atoms with van der Waals surface area (Å²) in [6.45, 7) is 3.86. The van der Waals surface area contributed by atoms with Gasteiger partial charge in [-0.3, -0.25) is 4.79 Å². The van der Waals surface area contributed by atoms with E-state index in [0.29, 0.717) is 18.6 Å². The molecule has 0 radical (unpaired) electrons. The maximum atomic E-state index is 14.0. The van der Waals surface area contributed by atoms with Crippen molar-refractivity contribution in [3.8, 4) is 0 Å². The number of nitrogens with one attached hydrogen (secondary N) is 3. The lowest BCUT2D eigenvalue weighted by Crippen LogP contribution is -2.55. The average molecular weight is 765 g/mol. The van der Waals surface area contributed by atoms with E-state index in [4.69, 9.17) is 9.15 Å². The molecule has 0 aliphatic rings. The van der Waals surface area contributed by atoms with Crippen LogP contribution in [0, 0.1) is 5.92 Å². The molecule has 288 valence electrons. The van der Waals surface area contributed by atoms with E-state index in [0.717, 1.165) is 27.4 Å². The second-order valence-electron chi connectivity index (χ2n) is 13.6. The zero-order valence-electron chi connectivity index (χ0n) is 31.2. The van der Waals surface area contributed by atoms with Gasteiger partial charge in [0.05, 0.1) is 30.6 Å². The number of benzene rings is 3. The molecule has 55 heavy (non-hydrogen) atoms. The Bertz CT molecular complexity index is 1940. The largest absolute Gasteiger partial charge is 0.445 e. The summed E-state index contributed by atoms with van der Waals surface area (Å²) in [5.41, 5.74) is 3.65. The molecule has 12 nitrogen and oxygen atoms in total. The van der Waals surface area contributed by atoms with Gasteiger partial charge in [-0.05, 0) is 47.9 Å². The van der Waals surface area contributed by atoms with Crippen molar-refractivity contribution in [1.82, 2.24) is 30.8 Å². The Morgan fingerprint density at radius 3 is 2.18 bits per heavy atom. The van der Waals surface area contributed by atoms with Crippen molar-refractivity contribution in [3.05, 3.63) is 142 Å². The number of oxazole rings is 1. The molecule has 4 N–H and O–H groups in total. The van der Waals surface area contributed by atoms with Crippen molar-refractivity contribution < 1.29 is 28.6 Å². The molecule has 0 fully saturated rings. The molecule has 0 saturated heterocycles. The van der Waals surface area contributed by atoms with E-state index in [9.17, 15) is 19.5 Å². The molecule has 2 aromatic heterocycles. The molecule has 13 heteroatoms. The number of aliphatic hydroxyl groups excluding tert-OH is 1. The van der Waals surface area contributed by atoms with Crippen LogP contribution in [0.4, 0.5) is 9.59 Å². The third-order valence-electron chi connectivity index (χ3n) is 8.85. The Kier molecular flexibility index (Phi) is 15.1. The Morgan fingerprint density at radius 2 is 1.55 bits per heavy atom. The van der Waals surface area contributed by atoms with Gasteiger partial charge in [-0.15, -0.1) is 11.3 Å². The first-order valence-corrected chi connectivity index (χ1v) is 19.1. The van der Waals surface area contributed by atoms with Gasteiger partial charge in [0.2, 0.25) is 5.91 Å². The Labute approximate surface area is 325 Å². The topological polar surface area (TPSA) is 159 Å². The lowest BCUT2D eigenvalue weighted by Gasteiger charge is -2.30. The van der Waals surface area contributed by atoms with Crippen LogP contribution in [-0.2, 0) is 35.5 Å². The fourth-order valence-electron chi connectivity index (χ4n) is 5.93. The van der Waals surface area contributed by atoms with Crippen molar-refractivity contribution in [2.45, 2.75) is 70.5 Å². The minimum Gasteiger partial charge on any atom is -0.445 e. The van der Waals surface area contributed by atoms with Gasteiger partial charge in [0.25, 0.3) is 0 Å². The summed E-state index contributed by atoms with van der Waals surface area (Å²) < 4.78 is 10.5. The van der Waals surface area contributed by atoms with Gasteiger partial charge < -0.3 is 35.1 Å². The Morgan fingerprint density at radius 1 is 0.891 bits per heavy atom. The fraction of sp³-hybridized carbons (Fsp3) is 0.310. The van der Waals surface area contributed by atoms with Gasteiger partial charge in [0.1, 0.15) is 11.0 Å². The highest BCUT2D eigenvalue weighted by Crippen LogP contribution is 2.17. The first-order chi connectivity index (χ1) is 26.6. The quantitative estimate of drug-likeness (QED) is 0.0789. The minimum absolute atomic E-state index is 0.101. The van der Waals surface area contributed by atoms with E-state index >= 15 is 0 Å². The number of carbonyl (C=O) groups excluding carboxylic acids is 3. The highest BCUT2D eigenvalue weighted by atomic mass is 32.1. The van der Waals surface area contributed by atoms with Crippen molar-refractivity contribution in [1.29, 1.82) is 0 Å². The summed E-state index contributed by atoms with van der Waals surface area (Å²) >= 11 is 1.49. The highest BCUT2D eigenvalue weighted by Gasteiger charge is 2.31. The third kappa shape index (κ3) is 13.2. The second-order valence-corrected chi connectivity index (χ2v) is 14.5. The molecule has 4 atom stereocenters. The van der Waals surface area contributed by atoms with Crippen molar-refractivity contribution in [2.24, 2.45) is 5.92 Å². The summed E-state index contributed by atoms with van der Waals surface area (Å²) in [6.07, 6.45) is 5.63. The number of alkyl carbamates (subject to hydrolysis) is 1. The predicted octanol–water partition coefficient (Wildman–Crippen LogP) is 6.48. The van der Waals surface area contributed by atoms with E-state index < -0.39 is 36.4 Å². The number of carbonyl (C=O) groups is 3. The number of aromatic nitrogens is 2. The fourth-order valence-corrected chi connectivity index (χ4v) is 6.63. The number of amides is 4. The Balaban J connectivity index is 1.24. The predicted molar refractivity (Wildman–Crippen MR) is 213 cm³/mol. The lowest BCUT2D eigenvalue weighted by atomic mass is 9.93. The van der Waals surface area contributed by atoms with Crippen LogP contribution in [-0.4, -0.2) is 69.3 Å². The average Bonchev–Trinajstić information content (AvgIpc) is 3.88. The Hall–Kier alpha value is -5.79. The molecular weight excluding hydrogens is 717 g/mol. The van der Waals surface area contributed by atoms with Crippen LogP contribution < -0.4 is 16.0 Å². The molecule has 0 aliphatic carbocycles. The van der Waals surface area contributed by atoms with E-state index in [1.54, 1.807) is 7.05 Å². The molecule has 2 heterocycles. The standard InChI is InChI=1S/C42H48N6O6S/c1-29(2)39(47-41(51)48(3)25-34-27-55-38(44-34)20-19-30-13-7-4-8-14-30)40(50)45-33(21-31-15-9-5-10-16-31)23-37(49)36(22-32-17-11-6-12-18-32)46-42(52)53-26-35-24-43-28-54-35/h4-20,24,27-29,33,36-37,39,49H,21-23,25-26H2,1-3H3,(H,45,50)(H,46,52)(H,47,51)/t33-,36-,37-,39-/m0/s1. The van der Waals surface area contributed by atoms with Gasteiger partial charge in [-0.2, -0.15) is 0 Å². The van der Waals surface area contributed by atoms with Crippen molar-refractivity contribution in [3.63, 3.8) is 0 Å². The maximum Gasteiger partial charge on any atom is 0.407 e. The van der Waals surface area contributed by atoms with Crippen molar-refractivity contribution >= 4 is 41.5 Å². The van der Waals surface area contributed by atoms with Crippen LogP contribution in [0.5, 0.6) is 0 Å². The van der Waals surface area contributed by atoms with Crippen LogP contribution in [0.15, 0.2) is 113 Å². The monoisotopic (exact) mass is 764 g/mol. The van der Waals surface area contributed by atoms with Crippen LogP contribution in [0.25, 0.3) is 12.2 Å². The third-order valence-corrected chi connectivity index (χ3v) is 9.71. The van der Waals surface area contributed by atoms with Gasteiger partial charge in [-0.25, -0.2) is 19.6 Å². The number of nitrogens with zero attached hydrogens (tertiary/aromatic N) is 3. The second kappa shape index (κ2) is 20.6. The number of ether oxygens (including phenoxy) is 1. The summed E-state index contributed by atoms with van der Waals surface area (Å²) in [5, 5.41) is 23.3. The molecule has 3 aromatic carbocycles. The SMILES string of the molecule is CC(C)[C@H](NC(=O)N(C)Cc1csc(C=Cc2ccccc2)n1)C(=O)N[C@@H](Cc1ccccc1)C[C@H](O)[C@H](Cc1ccccc1)NC(=O)OCc1cnco1. The van der Waals surface area contributed by atoms with Gasteiger partial charge in [0.15, 0.2) is 18.8 Å². The van der Waals surface area contributed by atoms with Crippen LogP contribution in [0.2, 0.25) is 0 Å². The first-order valence-electron chi connectivity index (χ1n) is 18.2. The van der Waals surface area contributed by atoms with Crippen LogP contribution >= 0.6 is 11.3 Å². The first kappa shape index (κ1) is 40.4. The number of aliphatic hydroxyl groups is 1. The highest BCUT2D eigenvalue weighted by molar-refractivity contribution is 7.10. The molecule has 4 amide bonds. The molecular formula is C42H48N6O6S. The molecule has 5 aromatic rings. The summed E-state index contributed by atoms with van der Waals surface area (Å²) in [5.74, 6) is -0.255.